The van der Waals surface area contributed by atoms with E-state index in [2.05, 4.69) is 5.32 Å². The predicted molar refractivity (Wildman–Crippen MR) is 113 cm³/mol. The topological polar surface area (TPSA) is 81.0 Å². The number of nitrogens with zero attached hydrogens (tertiary/aromatic N) is 1. The van der Waals surface area contributed by atoms with Crippen molar-refractivity contribution in [3.8, 4) is 5.75 Å². The van der Waals surface area contributed by atoms with Crippen molar-refractivity contribution in [2.75, 3.05) is 31.6 Å². The van der Waals surface area contributed by atoms with Crippen LogP contribution in [0.3, 0.4) is 0 Å². The number of carbonyl (C=O) groups is 2. The number of para-hydroxylation sites is 2. The zero-order valence-electron chi connectivity index (χ0n) is 16.8. The molecule has 1 unspecified atom stereocenters. The van der Waals surface area contributed by atoms with E-state index in [1.54, 1.807) is 23.1 Å². The van der Waals surface area contributed by atoms with E-state index in [9.17, 15) is 9.59 Å². The van der Waals surface area contributed by atoms with Gasteiger partial charge in [-0.1, -0.05) is 37.3 Å². The number of nitrogens with one attached hydrogen (secondary N) is 1. The molecule has 1 fully saturated rings. The highest BCUT2D eigenvalue weighted by molar-refractivity contribution is 6.11. The molecule has 0 spiro atoms. The number of hydrogen-bond acceptors (Lipinski definition) is 5. The van der Waals surface area contributed by atoms with E-state index in [1.165, 1.54) is 0 Å². The van der Waals surface area contributed by atoms with E-state index in [-0.39, 0.29) is 17.6 Å². The summed E-state index contributed by atoms with van der Waals surface area (Å²) in [6.45, 7) is 3.81. The first-order valence-corrected chi connectivity index (χ1v) is 10.1. The van der Waals surface area contributed by atoms with Crippen molar-refractivity contribution in [2.24, 2.45) is 0 Å². The van der Waals surface area contributed by atoms with Gasteiger partial charge in [0.2, 0.25) is 5.76 Å². The Hall–Kier alpha value is -3.32. The summed E-state index contributed by atoms with van der Waals surface area (Å²) in [5.74, 6) is 0.146. The van der Waals surface area contributed by atoms with E-state index >= 15 is 0 Å². The monoisotopic (exact) mass is 408 g/mol. The van der Waals surface area contributed by atoms with Crippen LogP contribution < -0.4 is 10.1 Å². The number of fused-ring (bicyclic) bond motifs is 1. The standard InChI is InChI=1S/C23H24N2O5/c1-2-18(29-16-8-4-3-5-9-16)22(26)24-20-17-10-6-7-11-19(17)30-21(20)23(27)25-12-14-28-15-13-25/h3-11,18H,2,12-15H2,1H3,(H,24,26). The molecule has 4 rings (SSSR count). The quantitative estimate of drug-likeness (QED) is 0.673. The molecule has 0 saturated carbocycles. The van der Waals surface area contributed by atoms with Gasteiger partial charge >= 0.3 is 0 Å². The number of amides is 2. The summed E-state index contributed by atoms with van der Waals surface area (Å²) in [5, 5.41) is 3.57. The number of furan rings is 1. The number of benzene rings is 2. The van der Waals surface area contributed by atoms with Crippen molar-refractivity contribution in [2.45, 2.75) is 19.4 Å². The summed E-state index contributed by atoms with van der Waals surface area (Å²) in [4.78, 5) is 27.8. The summed E-state index contributed by atoms with van der Waals surface area (Å²) in [6, 6.07) is 16.5. The van der Waals surface area contributed by atoms with Crippen LogP contribution in [0.25, 0.3) is 11.0 Å². The first-order valence-electron chi connectivity index (χ1n) is 10.1. The summed E-state index contributed by atoms with van der Waals surface area (Å²) in [7, 11) is 0. The Balaban J connectivity index is 1.62. The van der Waals surface area contributed by atoms with Crippen LogP contribution in [0.1, 0.15) is 23.9 Å². The summed E-state index contributed by atoms with van der Waals surface area (Å²) in [6.07, 6.45) is -0.226. The van der Waals surface area contributed by atoms with E-state index in [0.29, 0.717) is 55.1 Å². The molecule has 1 aliphatic rings. The zero-order chi connectivity index (χ0) is 20.9. The van der Waals surface area contributed by atoms with Gasteiger partial charge in [-0.15, -0.1) is 0 Å². The SMILES string of the molecule is CCC(Oc1ccccc1)C(=O)Nc1c(C(=O)N2CCOCC2)oc2ccccc12. The van der Waals surface area contributed by atoms with Gasteiger partial charge in [-0.05, 0) is 30.7 Å². The maximum absolute atomic E-state index is 13.1. The van der Waals surface area contributed by atoms with Crippen LogP contribution in [0.5, 0.6) is 5.75 Å². The highest BCUT2D eigenvalue weighted by Gasteiger charge is 2.29. The summed E-state index contributed by atoms with van der Waals surface area (Å²) < 4.78 is 17.0. The molecule has 156 valence electrons. The molecular weight excluding hydrogens is 384 g/mol. The minimum Gasteiger partial charge on any atom is -0.481 e. The molecule has 1 aliphatic heterocycles. The largest absolute Gasteiger partial charge is 0.481 e. The molecule has 0 bridgehead atoms. The van der Waals surface area contributed by atoms with Crippen LogP contribution in [0.15, 0.2) is 59.0 Å². The van der Waals surface area contributed by atoms with Gasteiger partial charge in [0.1, 0.15) is 17.0 Å². The molecule has 30 heavy (non-hydrogen) atoms. The Morgan fingerprint density at radius 1 is 1.07 bits per heavy atom. The van der Waals surface area contributed by atoms with Crippen molar-refractivity contribution in [3.63, 3.8) is 0 Å². The van der Waals surface area contributed by atoms with E-state index in [1.807, 2.05) is 43.3 Å². The molecule has 2 aromatic carbocycles. The molecule has 2 heterocycles. The number of morpholine rings is 1. The molecule has 7 nitrogen and oxygen atoms in total. The van der Waals surface area contributed by atoms with Crippen LogP contribution in [0.4, 0.5) is 5.69 Å². The molecule has 2 amide bonds. The fourth-order valence-electron chi connectivity index (χ4n) is 3.42. The Bertz CT molecular complexity index is 1020. The Morgan fingerprint density at radius 2 is 1.77 bits per heavy atom. The molecular formula is C23H24N2O5. The van der Waals surface area contributed by atoms with Crippen LogP contribution in [-0.4, -0.2) is 49.1 Å². The average Bonchev–Trinajstić information content (AvgIpc) is 3.16. The number of rotatable bonds is 6. The summed E-state index contributed by atoms with van der Waals surface area (Å²) >= 11 is 0. The van der Waals surface area contributed by atoms with Gasteiger partial charge in [0.25, 0.3) is 11.8 Å². The van der Waals surface area contributed by atoms with Gasteiger partial charge < -0.3 is 24.1 Å². The van der Waals surface area contributed by atoms with Crippen molar-refractivity contribution in [1.82, 2.24) is 4.90 Å². The van der Waals surface area contributed by atoms with Crippen LogP contribution in [0, 0.1) is 0 Å². The first-order chi connectivity index (χ1) is 14.7. The predicted octanol–water partition coefficient (Wildman–Crippen LogP) is 3.70. The second-order valence-electron chi connectivity index (χ2n) is 7.02. The third-order valence-corrected chi connectivity index (χ3v) is 5.02. The third-order valence-electron chi connectivity index (χ3n) is 5.02. The lowest BCUT2D eigenvalue weighted by Gasteiger charge is -2.26. The molecule has 1 N–H and O–H groups in total. The van der Waals surface area contributed by atoms with E-state index in [0.717, 1.165) is 0 Å². The molecule has 0 aliphatic carbocycles. The number of hydrogen-bond donors (Lipinski definition) is 1. The summed E-state index contributed by atoms with van der Waals surface area (Å²) in [5.41, 5.74) is 0.920. The van der Waals surface area contributed by atoms with Gasteiger partial charge in [0.05, 0.1) is 13.2 Å². The fourth-order valence-corrected chi connectivity index (χ4v) is 3.42. The maximum atomic E-state index is 13.1. The van der Waals surface area contributed by atoms with E-state index in [4.69, 9.17) is 13.9 Å². The number of ether oxygens (including phenoxy) is 2. The molecule has 1 atom stereocenters. The van der Waals surface area contributed by atoms with Crippen molar-refractivity contribution < 1.29 is 23.5 Å². The van der Waals surface area contributed by atoms with Crippen LogP contribution in [0.2, 0.25) is 0 Å². The highest BCUT2D eigenvalue weighted by Crippen LogP contribution is 2.32. The van der Waals surface area contributed by atoms with Gasteiger partial charge in [0.15, 0.2) is 6.10 Å². The lowest BCUT2D eigenvalue weighted by Crippen LogP contribution is -2.41. The minimum atomic E-state index is -0.701. The second kappa shape index (κ2) is 9.00. The lowest BCUT2D eigenvalue weighted by molar-refractivity contribution is -0.122. The second-order valence-corrected chi connectivity index (χ2v) is 7.02. The molecule has 1 aromatic heterocycles. The van der Waals surface area contributed by atoms with Crippen LogP contribution in [-0.2, 0) is 9.53 Å². The third kappa shape index (κ3) is 4.16. The Morgan fingerprint density at radius 3 is 2.50 bits per heavy atom. The highest BCUT2D eigenvalue weighted by atomic mass is 16.5. The number of anilines is 1. The maximum Gasteiger partial charge on any atom is 0.291 e. The zero-order valence-corrected chi connectivity index (χ0v) is 16.8. The van der Waals surface area contributed by atoms with Crippen molar-refractivity contribution >= 4 is 28.5 Å². The first kappa shape index (κ1) is 20.0. The molecule has 7 heteroatoms. The lowest BCUT2D eigenvalue weighted by atomic mass is 10.2. The van der Waals surface area contributed by atoms with Gasteiger partial charge in [-0.25, -0.2) is 0 Å². The smallest absolute Gasteiger partial charge is 0.291 e. The van der Waals surface area contributed by atoms with Crippen molar-refractivity contribution in [1.29, 1.82) is 0 Å². The minimum absolute atomic E-state index is 0.126. The molecule has 0 radical (unpaired) electrons. The van der Waals surface area contributed by atoms with Gasteiger partial charge in [0, 0.05) is 18.5 Å². The molecule has 3 aromatic rings. The van der Waals surface area contributed by atoms with E-state index < -0.39 is 6.10 Å². The fraction of sp³-hybridized carbons (Fsp3) is 0.304. The van der Waals surface area contributed by atoms with Crippen LogP contribution >= 0.6 is 0 Å². The number of carbonyl (C=O) groups excluding carboxylic acids is 2. The normalized spacial score (nSPS) is 15.0. The molecule has 1 saturated heterocycles. The van der Waals surface area contributed by atoms with Crippen molar-refractivity contribution in [3.05, 3.63) is 60.4 Å². The average molecular weight is 408 g/mol. The van der Waals surface area contributed by atoms with Gasteiger partial charge in [-0.3, -0.25) is 9.59 Å². The Labute approximate surface area is 174 Å². The van der Waals surface area contributed by atoms with Gasteiger partial charge in [-0.2, -0.15) is 0 Å². The Kier molecular flexibility index (Phi) is 5.99.